The average Bonchev–Trinajstić information content (AvgIpc) is 2.66. The molecule has 0 aromatic heterocycles. The summed E-state index contributed by atoms with van der Waals surface area (Å²) in [5.41, 5.74) is 2.85. The van der Waals surface area contributed by atoms with Gasteiger partial charge in [-0.2, -0.15) is 5.26 Å². The Bertz CT molecular complexity index is 1230. The van der Waals surface area contributed by atoms with Crippen molar-refractivity contribution in [3.05, 3.63) is 84.4 Å². The molecule has 0 saturated carbocycles. The predicted molar refractivity (Wildman–Crippen MR) is 100 cm³/mol. The molecule has 0 saturated heterocycles. The van der Waals surface area contributed by atoms with Crippen molar-refractivity contribution in [2.45, 2.75) is 0 Å². The van der Waals surface area contributed by atoms with Gasteiger partial charge in [-0.3, -0.25) is 0 Å². The Morgan fingerprint density at radius 1 is 0.625 bits per heavy atom. The lowest BCUT2D eigenvalue weighted by molar-refractivity contribution is 1.49. The molecule has 1 nitrogen and oxygen atoms in total. The molecule has 110 valence electrons. The monoisotopic (exact) mass is 303 g/mol. The Hall–Kier alpha value is -3.37. The molecule has 0 bridgehead atoms. The second-order valence-corrected chi connectivity index (χ2v) is 6.13. The van der Waals surface area contributed by atoms with Crippen LogP contribution < -0.4 is 0 Å². The quantitative estimate of drug-likeness (QED) is 0.342. The van der Waals surface area contributed by atoms with Crippen LogP contribution in [0, 0.1) is 11.3 Å². The summed E-state index contributed by atoms with van der Waals surface area (Å²) in [6.07, 6.45) is 0. The Labute approximate surface area is 139 Å². The first kappa shape index (κ1) is 13.1. The molecule has 0 atom stereocenters. The highest BCUT2D eigenvalue weighted by molar-refractivity contribution is 6.26. The van der Waals surface area contributed by atoms with Crippen LogP contribution >= 0.6 is 0 Å². The molecule has 0 spiro atoms. The Balaban J connectivity index is 2.07. The van der Waals surface area contributed by atoms with Gasteiger partial charge in [-0.05, 0) is 43.9 Å². The van der Waals surface area contributed by atoms with Crippen LogP contribution in [0.5, 0.6) is 0 Å². The van der Waals surface area contributed by atoms with Crippen LogP contribution in [-0.4, -0.2) is 0 Å². The van der Waals surface area contributed by atoms with Gasteiger partial charge in [0.15, 0.2) is 0 Å². The fraction of sp³-hybridized carbons (Fsp3) is 0. The maximum atomic E-state index is 9.71. The Kier molecular flexibility index (Phi) is 2.63. The first-order chi connectivity index (χ1) is 11.9. The van der Waals surface area contributed by atoms with E-state index in [-0.39, 0.29) is 0 Å². The zero-order valence-corrected chi connectivity index (χ0v) is 13.0. The zero-order chi connectivity index (χ0) is 16.1. The number of hydrogen-bond donors (Lipinski definition) is 0. The van der Waals surface area contributed by atoms with Gasteiger partial charge >= 0.3 is 0 Å². The van der Waals surface area contributed by atoms with Gasteiger partial charge in [-0.25, -0.2) is 0 Å². The van der Waals surface area contributed by atoms with Crippen LogP contribution in [0.4, 0.5) is 0 Å². The highest BCUT2D eigenvalue weighted by atomic mass is 14.3. The molecule has 24 heavy (non-hydrogen) atoms. The van der Waals surface area contributed by atoms with Gasteiger partial charge in [-0.1, -0.05) is 72.8 Å². The number of hydrogen-bond acceptors (Lipinski definition) is 1. The number of benzene rings is 5. The van der Waals surface area contributed by atoms with E-state index in [4.69, 9.17) is 0 Å². The minimum Gasteiger partial charge on any atom is -0.192 e. The van der Waals surface area contributed by atoms with Crippen molar-refractivity contribution in [2.75, 3.05) is 0 Å². The third kappa shape index (κ3) is 1.68. The molecular formula is C23H13N. The van der Waals surface area contributed by atoms with Crippen molar-refractivity contribution in [3.8, 4) is 17.2 Å². The van der Waals surface area contributed by atoms with Crippen molar-refractivity contribution >= 4 is 32.3 Å². The second-order valence-electron chi connectivity index (χ2n) is 6.13. The van der Waals surface area contributed by atoms with E-state index in [0.717, 1.165) is 27.5 Å². The minimum absolute atomic E-state index is 0.729. The average molecular weight is 303 g/mol. The Morgan fingerprint density at radius 2 is 1.33 bits per heavy atom. The third-order valence-electron chi connectivity index (χ3n) is 4.83. The van der Waals surface area contributed by atoms with Crippen LogP contribution in [0.15, 0.2) is 78.9 Å². The largest absolute Gasteiger partial charge is 0.192 e. The molecule has 0 radical (unpaired) electrons. The number of nitrogens with zero attached hydrogens (tertiary/aromatic N) is 1. The first-order valence-corrected chi connectivity index (χ1v) is 8.03. The highest BCUT2D eigenvalue weighted by Gasteiger charge is 2.15. The van der Waals surface area contributed by atoms with Crippen LogP contribution in [0.3, 0.4) is 0 Å². The lowest BCUT2D eigenvalue weighted by Crippen LogP contribution is -1.91. The van der Waals surface area contributed by atoms with Gasteiger partial charge < -0.3 is 0 Å². The van der Waals surface area contributed by atoms with Gasteiger partial charge in [-0.15, -0.1) is 0 Å². The van der Waals surface area contributed by atoms with Crippen molar-refractivity contribution in [1.29, 1.82) is 5.26 Å². The second kappa shape index (κ2) is 4.81. The van der Waals surface area contributed by atoms with E-state index in [2.05, 4.69) is 60.7 Å². The smallest absolute Gasteiger partial charge is 0.0998 e. The van der Waals surface area contributed by atoms with Crippen LogP contribution in [-0.2, 0) is 0 Å². The molecule has 5 aromatic rings. The van der Waals surface area contributed by atoms with Gasteiger partial charge in [0.2, 0.25) is 0 Å². The molecule has 0 heterocycles. The van der Waals surface area contributed by atoms with Crippen molar-refractivity contribution < 1.29 is 0 Å². The van der Waals surface area contributed by atoms with E-state index in [1.807, 2.05) is 24.3 Å². The molecule has 1 heteroatoms. The molecule has 5 aromatic carbocycles. The van der Waals surface area contributed by atoms with Gasteiger partial charge in [0, 0.05) is 5.56 Å². The van der Waals surface area contributed by atoms with Gasteiger partial charge in [0.05, 0.1) is 11.6 Å². The molecule has 0 aliphatic carbocycles. The fourth-order valence-electron chi connectivity index (χ4n) is 3.81. The summed E-state index contributed by atoms with van der Waals surface area (Å²) in [4.78, 5) is 0. The molecular weight excluding hydrogens is 290 g/mol. The maximum absolute atomic E-state index is 9.71. The van der Waals surface area contributed by atoms with E-state index in [1.54, 1.807) is 0 Å². The summed E-state index contributed by atoms with van der Waals surface area (Å²) in [5.74, 6) is 0. The predicted octanol–water partition coefficient (Wildman–Crippen LogP) is 6.12. The van der Waals surface area contributed by atoms with Crippen molar-refractivity contribution in [2.24, 2.45) is 0 Å². The number of nitriles is 1. The Morgan fingerprint density at radius 3 is 2.08 bits per heavy atom. The van der Waals surface area contributed by atoms with E-state index < -0.39 is 0 Å². The lowest BCUT2D eigenvalue weighted by atomic mass is 9.87. The van der Waals surface area contributed by atoms with E-state index in [1.165, 1.54) is 21.5 Å². The summed E-state index contributed by atoms with van der Waals surface area (Å²) in [6.45, 7) is 0. The highest BCUT2D eigenvalue weighted by Crippen LogP contribution is 2.40. The summed E-state index contributed by atoms with van der Waals surface area (Å²) in [6, 6.07) is 29.6. The van der Waals surface area contributed by atoms with Gasteiger partial charge in [0.25, 0.3) is 0 Å². The van der Waals surface area contributed by atoms with Gasteiger partial charge in [0.1, 0.15) is 0 Å². The van der Waals surface area contributed by atoms with Crippen molar-refractivity contribution in [3.63, 3.8) is 0 Å². The zero-order valence-electron chi connectivity index (χ0n) is 13.0. The third-order valence-corrected chi connectivity index (χ3v) is 4.83. The van der Waals surface area contributed by atoms with E-state index in [9.17, 15) is 5.26 Å². The van der Waals surface area contributed by atoms with Crippen molar-refractivity contribution in [1.82, 2.24) is 0 Å². The molecule has 0 aliphatic heterocycles. The summed E-state index contributed by atoms with van der Waals surface area (Å²) >= 11 is 0. The molecule has 0 amide bonds. The molecule has 0 unspecified atom stereocenters. The molecule has 0 fully saturated rings. The molecule has 0 aliphatic rings. The molecule has 5 rings (SSSR count). The van der Waals surface area contributed by atoms with Crippen LogP contribution in [0.2, 0.25) is 0 Å². The molecule has 0 N–H and O–H groups in total. The SMILES string of the molecule is N#Cc1cc2ccc3cccc4ccc(c1-c1ccccc1)c2c34. The standard InChI is InChI=1S/C23H13N/c24-14-19-13-18-10-9-16-7-4-8-17-11-12-20(23(18)22(16)17)21(19)15-5-2-1-3-6-15/h1-13H. The number of rotatable bonds is 1. The summed E-state index contributed by atoms with van der Waals surface area (Å²) in [7, 11) is 0. The summed E-state index contributed by atoms with van der Waals surface area (Å²) < 4.78 is 0. The minimum atomic E-state index is 0.729. The first-order valence-electron chi connectivity index (χ1n) is 8.03. The van der Waals surface area contributed by atoms with E-state index >= 15 is 0 Å². The maximum Gasteiger partial charge on any atom is 0.0998 e. The van der Waals surface area contributed by atoms with Crippen LogP contribution in [0.25, 0.3) is 43.4 Å². The topological polar surface area (TPSA) is 23.8 Å². The fourth-order valence-corrected chi connectivity index (χ4v) is 3.81. The summed E-state index contributed by atoms with van der Waals surface area (Å²) in [5, 5.41) is 17.0. The lowest BCUT2D eigenvalue weighted by Gasteiger charge is -2.15. The van der Waals surface area contributed by atoms with E-state index in [0.29, 0.717) is 0 Å². The normalized spacial score (nSPS) is 11.3. The van der Waals surface area contributed by atoms with Crippen LogP contribution in [0.1, 0.15) is 5.56 Å².